The summed E-state index contributed by atoms with van der Waals surface area (Å²) in [4.78, 5) is 12.4. The molecule has 1 heterocycles. The smallest absolute Gasteiger partial charge is 0.237 e. The number of carbonyl (C=O) groups excluding carboxylic acids is 1. The summed E-state index contributed by atoms with van der Waals surface area (Å²) in [6, 6.07) is 5.25. The molecule has 6 nitrogen and oxygen atoms in total. The molecule has 0 unspecified atom stereocenters. The van der Waals surface area contributed by atoms with Gasteiger partial charge in [-0.2, -0.15) is 0 Å². The van der Waals surface area contributed by atoms with E-state index in [1.54, 1.807) is 44.2 Å². The van der Waals surface area contributed by atoms with E-state index in [2.05, 4.69) is 22.1 Å². The molecule has 0 aliphatic heterocycles. The topological polar surface area (TPSA) is 73.3 Å². The first-order chi connectivity index (χ1) is 12.4. The molecule has 0 bridgehead atoms. The largest absolute Gasteiger partial charge is 0.493 e. The number of ether oxygens (including phenoxy) is 2. The summed E-state index contributed by atoms with van der Waals surface area (Å²) in [6.07, 6.45) is 0. The van der Waals surface area contributed by atoms with Crippen LogP contribution in [0.25, 0.3) is 0 Å². The van der Waals surface area contributed by atoms with Crippen LogP contribution < -0.4 is 14.8 Å². The van der Waals surface area contributed by atoms with Gasteiger partial charge in [0.1, 0.15) is 0 Å². The molecular weight excluding hydrogens is 390 g/mol. The van der Waals surface area contributed by atoms with Gasteiger partial charge in [-0.15, -0.1) is 10.2 Å². The number of thioether (sulfide) groups is 2. The first kappa shape index (κ1) is 20.6. The molecule has 1 aromatic carbocycles. The number of rotatable bonds is 9. The number of nitrogens with zero attached hydrogens (tertiary/aromatic N) is 2. The van der Waals surface area contributed by atoms with Crippen molar-refractivity contribution in [3.8, 4) is 11.5 Å². The highest BCUT2D eigenvalue weighted by Gasteiger charge is 2.18. The molecular formula is C17H21N3O3S3. The number of methoxy groups -OCH3 is 2. The standard InChI is InChI=1S/C17H21N3O3S3/c1-10(2)9-24-16-19-20-17(26-16)25-11(3)15(21)18-12-6-7-13(22-4)14(8-12)23-5/h6-8,11H,1,9H2,2-5H3,(H,18,21)/t11-/m1/s1. The highest BCUT2D eigenvalue weighted by molar-refractivity contribution is 8.04. The highest BCUT2D eigenvalue weighted by atomic mass is 32.2. The van der Waals surface area contributed by atoms with E-state index >= 15 is 0 Å². The minimum absolute atomic E-state index is 0.117. The van der Waals surface area contributed by atoms with Crippen molar-refractivity contribution in [1.82, 2.24) is 10.2 Å². The summed E-state index contributed by atoms with van der Waals surface area (Å²) in [6.45, 7) is 7.68. The van der Waals surface area contributed by atoms with Gasteiger partial charge in [0.25, 0.3) is 0 Å². The number of aromatic nitrogens is 2. The van der Waals surface area contributed by atoms with Crippen LogP contribution in [-0.4, -0.2) is 41.3 Å². The van der Waals surface area contributed by atoms with Crippen molar-refractivity contribution < 1.29 is 14.3 Å². The normalized spacial score (nSPS) is 11.7. The maximum atomic E-state index is 12.4. The van der Waals surface area contributed by atoms with Crippen molar-refractivity contribution in [3.05, 3.63) is 30.4 Å². The van der Waals surface area contributed by atoms with E-state index < -0.39 is 0 Å². The average molecular weight is 412 g/mol. The maximum Gasteiger partial charge on any atom is 0.237 e. The number of benzene rings is 1. The van der Waals surface area contributed by atoms with Crippen molar-refractivity contribution in [2.75, 3.05) is 25.3 Å². The maximum absolute atomic E-state index is 12.4. The van der Waals surface area contributed by atoms with E-state index in [1.165, 1.54) is 23.1 Å². The van der Waals surface area contributed by atoms with Crippen LogP contribution in [0.15, 0.2) is 39.0 Å². The van der Waals surface area contributed by atoms with Crippen molar-refractivity contribution in [2.45, 2.75) is 27.8 Å². The molecule has 1 atom stereocenters. The second-order valence-corrected chi connectivity index (χ2v) is 9.19. The number of nitrogens with one attached hydrogen (secondary N) is 1. The first-order valence-corrected chi connectivity index (χ1v) is 10.4. The third-order valence-corrected chi connectivity index (χ3v) is 6.60. The summed E-state index contributed by atoms with van der Waals surface area (Å²) in [5.41, 5.74) is 1.73. The van der Waals surface area contributed by atoms with Gasteiger partial charge in [-0.25, -0.2) is 0 Å². The van der Waals surface area contributed by atoms with Gasteiger partial charge in [0, 0.05) is 17.5 Å². The minimum Gasteiger partial charge on any atom is -0.493 e. The average Bonchev–Trinajstić information content (AvgIpc) is 3.07. The lowest BCUT2D eigenvalue weighted by Gasteiger charge is -2.13. The molecule has 1 aromatic heterocycles. The van der Waals surface area contributed by atoms with Gasteiger partial charge in [-0.1, -0.05) is 47.0 Å². The third-order valence-electron chi connectivity index (χ3n) is 3.13. The second kappa shape index (κ2) is 9.84. The number of hydrogen-bond donors (Lipinski definition) is 1. The molecule has 0 radical (unpaired) electrons. The zero-order valence-corrected chi connectivity index (χ0v) is 17.5. The van der Waals surface area contributed by atoms with E-state index in [0.717, 1.165) is 20.0 Å². The van der Waals surface area contributed by atoms with Crippen LogP contribution in [0.2, 0.25) is 0 Å². The number of amides is 1. The van der Waals surface area contributed by atoms with Crippen LogP contribution in [0.4, 0.5) is 5.69 Å². The molecule has 9 heteroatoms. The fourth-order valence-electron chi connectivity index (χ4n) is 1.85. The van der Waals surface area contributed by atoms with Crippen LogP contribution in [0.5, 0.6) is 11.5 Å². The molecule has 2 aromatic rings. The fraction of sp³-hybridized carbons (Fsp3) is 0.353. The lowest BCUT2D eigenvalue weighted by atomic mass is 10.2. The van der Waals surface area contributed by atoms with Crippen molar-refractivity contribution in [2.24, 2.45) is 0 Å². The van der Waals surface area contributed by atoms with E-state index in [0.29, 0.717) is 17.2 Å². The van der Waals surface area contributed by atoms with E-state index in [4.69, 9.17) is 9.47 Å². The second-order valence-electron chi connectivity index (χ2n) is 5.40. The van der Waals surface area contributed by atoms with Gasteiger partial charge < -0.3 is 14.8 Å². The Balaban J connectivity index is 1.94. The summed E-state index contributed by atoms with van der Waals surface area (Å²) >= 11 is 4.47. The van der Waals surface area contributed by atoms with Crippen LogP contribution in [-0.2, 0) is 4.79 Å². The summed E-state index contributed by atoms with van der Waals surface area (Å²) in [7, 11) is 3.13. The Morgan fingerprint density at radius 1 is 1.27 bits per heavy atom. The predicted octanol–water partition coefficient (Wildman–Crippen LogP) is 4.34. The molecule has 0 aliphatic rings. The lowest BCUT2D eigenvalue weighted by Crippen LogP contribution is -2.22. The molecule has 2 rings (SSSR count). The van der Waals surface area contributed by atoms with Gasteiger partial charge in [0.05, 0.1) is 19.5 Å². The molecule has 0 aliphatic carbocycles. The van der Waals surface area contributed by atoms with Gasteiger partial charge >= 0.3 is 0 Å². The Kier molecular flexibility index (Phi) is 7.80. The Morgan fingerprint density at radius 2 is 1.96 bits per heavy atom. The van der Waals surface area contributed by atoms with Gasteiger partial charge in [0.15, 0.2) is 20.2 Å². The van der Waals surface area contributed by atoms with Crippen LogP contribution in [0.3, 0.4) is 0 Å². The van der Waals surface area contributed by atoms with E-state index in [-0.39, 0.29) is 11.2 Å². The molecule has 0 saturated heterocycles. The predicted molar refractivity (Wildman–Crippen MR) is 109 cm³/mol. The minimum atomic E-state index is -0.310. The third kappa shape index (κ3) is 5.93. The van der Waals surface area contributed by atoms with E-state index in [9.17, 15) is 4.79 Å². The number of carbonyl (C=O) groups is 1. The van der Waals surface area contributed by atoms with Crippen LogP contribution in [0, 0.1) is 0 Å². The lowest BCUT2D eigenvalue weighted by molar-refractivity contribution is -0.115. The Morgan fingerprint density at radius 3 is 2.62 bits per heavy atom. The highest BCUT2D eigenvalue weighted by Crippen LogP contribution is 2.33. The summed E-state index contributed by atoms with van der Waals surface area (Å²) < 4.78 is 12.1. The number of anilines is 1. The molecule has 0 saturated carbocycles. The molecule has 1 amide bonds. The molecule has 0 spiro atoms. The van der Waals surface area contributed by atoms with Crippen molar-refractivity contribution >= 4 is 46.5 Å². The molecule has 0 fully saturated rings. The summed E-state index contributed by atoms with van der Waals surface area (Å²) in [5, 5.41) is 10.8. The summed E-state index contributed by atoms with van der Waals surface area (Å²) in [5.74, 6) is 1.87. The van der Waals surface area contributed by atoms with Gasteiger partial charge in [-0.3, -0.25) is 4.79 Å². The monoisotopic (exact) mass is 411 g/mol. The molecule has 26 heavy (non-hydrogen) atoms. The van der Waals surface area contributed by atoms with Gasteiger partial charge in [-0.05, 0) is 26.0 Å². The zero-order chi connectivity index (χ0) is 19.1. The zero-order valence-electron chi connectivity index (χ0n) is 15.1. The quantitative estimate of drug-likeness (QED) is 0.486. The van der Waals surface area contributed by atoms with Gasteiger partial charge in [0.2, 0.25) is 5.91 Å². The number of hydrogen-bond acceptors (Lipinski definition) is 8. The Hall–Kier alpha value is -1.71. The Bertz CT molecular complexity index is 780. The Labute approximate surface area is 165 Å². The van der Waals surface area contributed by atoms with Crippen LogP contribution >= 0.6 is 34.9 Å². The molecule has 140 valence electrons. The first-order valence-electron chi connectivity index (χ1n) is 7.73. The van der Waals surface area contributed by atoms with Crippen molar-refractivity contribution in [1.29, 1.82) is 0 Å². The SMILES string of the molecule is C=C(C)CSc1nnc(S[C@H](C)C(=O)Nc2ccc(OC)c(OC)c2)s1. The fourth-order valence-corrected chi connectivity index (χ4v) is 4.86. The van der Waals surface area contributed by atoms with E-state index in [1.807, 2.05) is 13.8 Å². The van der Waals surface area contributed by atoms with Crippen molar-refractivity contribution in [3.63, 3.8) is 0 Å². The molecule has 1 N–H and O–H groups in total. The van der Waals surface area contributed by atoms with Crippen LogP contribution in [0.1, 0.15) is 13.8 Å².